The lowest BCUT2D eigenvalue weighted by atomic mass is 10.1. The van der Waals surface area contributed by atoms with E-state index in [9.17, 15) is 17.6 Å². The molecule has 0 bridgehead atoms. The van der Waals surface area contributed by atoms with Crippen LogP contribution in [0.15, 0.2) is 71.6 Å². The number of carbonyl (C=O) groups excluding carboxylic acids is 1. The van der Waals surface area contributed by atoms with Crippen molar-refractivity contribution in [3.63, 3.8) is 0 Å². The molecule has 1 amide bonds. The Hall–Kier alpha value is -3.23. The maximum absolute atomic E-state index is 13.9. The predicted molar refractivity (Wildman–Crippen MR) is 116 cm³/mol. The first-order chi connectivity index (χ1) is 15.4. The zero-order valence-electron chi connectivity index (χ0n) is 17.2. The number of ether oxygens (including phenoxy) is 2. The average molecular weight is 456 g/mol. The second-order valence-corrected chi connectivity index (χ2v) is 9.43. The van der Waals surface area contributed by atoms with Crippen molar-refractivity contribution in [3.8, 4) is 5.75 Å². The van der Waals surface area contributed by atoms with Crippen LogP contribution in [0.3, 0.4) is 0 Å². The van der Waals surface area contributed by atoms with Crippen LogP contribution in [0.25, 0.3) is 0 Å². The first-order valence-corrected chi connectivity index (χ1v) is 11.7. The number of carbonyl (C=O) groups is 1. The molecule has 1 N–H and O–H groups in total. The van der Waals surface area contributed by atoms with Gasteiger partial charge in [-0.3, -0.25) is 4.79 Å². The molecule has 3 aromatic rings. The number of sulfone groups is 1. The van der Waals surface area contributed by atoms with Crippen LogP contribution >= 0.6 is 0 Å². The van der Waals surface area contributed by atoms with Gasteiger partial charge in [-0.25, -0.2) is 12.8 Å². The maximum Gasteiger partial charge on any atom is 0.251 e. The Bertz CT molecular complexity index is 1230. The molecule has 8 heteroatoms. The molecule has 166 valence electrons. The number of nitrogens with one attached hydrogen (secondary N) is 1. The van der Waals surface area contributed by atoms with Gasteiger partial charge >= 0.3 is 0 Å². The molecule has 1 aliphatic rings. The summed E-state index contributed by atoms with van der Waals surface area (Å²) in [5.74, 6) is -0.322. The van der Waals surface area contributed by atoms with Gasteiger partial charge in [-0.15, -0.1) is 0 Å². The third-order valence-electron chi connectivity index (χ3n) is 5.08. The van der Waals surface area contributed by atoms with Crippen molar-refractivity contribution >= 4 is 15.7 Å². The molecule has 0 fully saturated rings. The van der Waals surface area contributed by atoms with E-state index in [0.717, 1.165) is 0 Å². The van der Waals surface area contributed by atoms with Gasteiger partial charge < -0.3 is 14.8 Å². The summed E-state index contributed by atoms with van der Waals surface area (Å²) in [6.07, 6.45) is 0.383. The third kappa shape index (κ3) is 5.15. The van der Waals surface area contributed by atoms with E-state index in [2.05, 4.69) is 5.32 Å². The van der Waals surface area contributed by atoms with Gasteiger partial charge in [0.05, 0.1) is 17.3 Å². The van der Waals surface area contributed by atoms with Crippen molar-refractivity contribution in [1.29, 1.82) is 0 Å². The van der Waals surface area contributed by atoms with Gasteiger partial charge in [0.25, 0.3) is 5.91 Å². The minimum Gasteiger partial charge on any atom is -0.467 e. The van der Waals surface area contributed by atoms with Crippen LogP contribution in [0.2, 0.25) is 0 Å². The van der Waals surface area contributed by atoms with Crippen molar-refractivity contribution in [1.82, 2.24) is 5.32 Å². The summed E-state index contributed by atoms with van der Waals surface area (Å²) in [5, 5.41) is 2.80. The number of rotatable bonds is 7. The fourth-order valence-electron chi connectivity index (χ4n) is 3.59. The van der Waals surface area contributed by atoms with Crippen LogP contribution < -0.4 is 10.1 Å². The zero-order chi connectivity index (χ0) is 22.6. The molecular weight excluding hydrogens is 433 g/mol. The molecule has 0 unspecified atom stereocenters. The van der Waals surface area contributed by atoms with E-state index in [1.165, 1.54) is 12.1 Å². The summed E-state index contributed by atoms with van der Waals surface area (Å²) in [4.78, 5) is 12.8. The molecular formula is C24H22FNO5S. The van der Waals surface area contributed by atoms with Crippen LogP contribution in [0, 0.1) is 5.82 Å². The molecule has 32 heavy (non-hydrogen) atoms. The Morgan fingerprint density at radius 1 is 1.03 bits per heavy atom. The van der Waals surface area contributed by atoms with E-state index in [1.807, 2.05) is 0 Å². The topological polar surface area (TPSA) is 81.7 Å². The van der Waals surface area contributed by atoms with Gasteiger partial charge in [-0.1, -0.05) is 30.3 Å². The Morgan fingerprint density at radius 3 is 2.66 bits per heavy atom. The fourth-order valence-corrected chi connectivity index (χ4v) is 4.94. The molecule has 0 saturated heterocycles. The molecule has 3 aromatic carbocycles. The molecule has 6 nitrogen and oxygen atoms in total. The second-order valence-electron chi connectivity index (χ2n) is 7.44. The standard InChI is InChI=1S/C24H22FNO5S/c25-21-12-18(23-20(13-21)14-30-16-31-23)9-10-26-24(27)19-6-4-5-17(11-19)15-32(28,29)22-7-2-1-3-8-22/h1-8,11-13H,9-10,14-16H2,(H,26,27). The highest BCUT2D eigenvalue weighted by atomic mass is 32.2. The summed E-state index contributed by atoms with van der Waals surface area (Å²) in [5.41, 5.74) is 2.18. The largest absolute Gasteiger partial charge is 0.467 e. The molecule has 0 atom stereocenters. The molecule has 1 aliphatic heterocycles. The monoisotopic (exact) mass is 455 g/mol. The Balaban J connectivity index is 1.40. The van der Waals surface area contributed by atoms with E-state index < -0.39 is 9.84 Å². The number of hydrogen-bond donors (Lipinski definition) is 1. The van der Waals surface area contributed by atoms with Gasteiger partial charge in [0.15, 0.2) is 16.6 Å². The number of halogens is 1. The minimum atomic E-state index is -3.51. The fraction of sp³-hybridized carbons (Fsp3) is 0.208. The average Bonchev–Trinajstić information content (AvgIpc) is 2.79. The van der Waals surface area contributed by atoms with Crippen molar-refractivity contribution in [2.75, 3.05) is 13.3 Å². The number of hydrogen-bond acceptors (Lipinski definition) is 5. The molecule has 0 aliphatic carbocycles. The summed E-state index contributed by atoms with van der Waals surface area (Å²) >= 11 is 0. The van der Waals surface area contributed by atoms with E-state index >= 15 is 0 Å². The number of benzene rings is 3. The highest BCUT2D eigenvalue weighted by molar-refractivity contribution is 7.90. The Morgan fingerprint density at radius 2 is 1.84 bits per heavy atom. The normalized spacial score (nSPS) is 13.2. The van der Waals surface area contributed by atoms with E-state index in [0.29, 0.717) is 34.4 Å². The molecule has 1 heterocycles. The first kappa shape index (κ1) is 22.0. The lowest BCUT2D eigenvalue weighted by Gasteiger charge is -2.21. The maximum atomic E-state index is 13.9. The van der Waals surface area contributed by atoms with Crippen molar-refractivity contribution in [2.45, 2.75) is 23.7 Å². The van der Waals surface area contributed by atoms with Crippen LogP contribution in [0.5, 0.6) is 5.75 Å². The quantitative estimate of drug-likeness (QED) is 0.588. The van der Waals surface area contributed by atoms with Crippen LogP contribution in [-0.4, -0.2) is 27.7 Å². The number of amides is 1. The third-order valence-corrected chi connectivity index (χ3v) is 6.78. The minimum absolute atomic E-state index is 0.108. The summed E-state index contributed by atoms with van der Waals surface area (Å²) in [7, 11) is -3.51. The van der Waals surface area contributed by atoms with Crippen LogP contribution in [-0.2, 0) is 33.4 Å². The number of fused-ring (bicyclic) bond motifs is 1. The van der Waals surface area contributed by atoms with Gasteiger partial charge in [-0.05, 0) is 53.9 Å². The summed E-state index contributed by atoms with van der Waals surface area (Å²) in [6, 6.07) is 17.5. The highest BCUT2D eigenvalue weighted by Crippen LogP contribution is 2.29. The summed E-state index contributed by atoms with van der Waals surface area (Å²) < 4.78 is 49.7. The second kappa shape index (κ2) is 9.50. The van der Waals surface area contributed by atoms with Crippen molar-refractivity contribution in [2.24, 2.45) is 0 Å². The molecule has 0 saturated carbocycles. The van der Waals surface area contributed by atoms with Crippen molar-refractivity contribution in [3.05, 3.63) is 94.8 Å². The van der Waals surface area contributed by atoms with Gasteiger partial charge in [0.2, 0.25) is 0 Å². The lowest BCUT2D eigenvalue weighted by molar-refractivity contribution is -0.0172. The van der Waals surface area contributed by atoms with E-state index in [1.54, 1.807) is 54.6 Å². The highest BCUT2D eigenvalue weighted by Gasteiger charge is 2.18. The van der Waals surface area contributed by atoms with Gasteiger partial charge in [-0.2, -0.15) is 0 Å². The van der Waals surface area contributed by atoms with E-state index in [4.69, 9.17) is 9.47 Å². The zero-order valence-corrected chi connectivity index (χ0v) is 18.0. The molecule has 0 radical (unpaired) electrons. The smallest absolute Gasteiger partial charge is 0.251 e. The predicted octanol–water partition coefficient (Wildman–Crippen LogP) is 3.64. The Kier molecular flexibility index (Phi) is 6.53. The Labute approximate surface area is 185 Å². The molecule has 4 rings (SSSR count). The van der Waals surface area contributed by atoms with E-state index in [-0.39, 0.29) is 42.3 Å². The lowest BCUT2D eigenvalue weighted by Crippen LogP contribution is -2.26. The van der Waals surface area contributed by atoms with Crippen molar-refractivity contribution < 1.29 is 27.1 Å². The molecule has 0 aromatic heterocycles. The van der Waals surface area contributed by atoms with Gasteiger partial charge in [0.1, 0.15) is 11.6 Å². The van der Waals surface area contributed by atoms with Crippen LogP contribution in [0.1, 0.15) is 27.0 Å². The molecule has 0 spiro atoms. The van der Waals surface area contributed by atoms with Gasteiger partial charge in [0, 0.05) is 17.7 Å². The SMILES string of the molecule is O=C(NCCc1cc(F)cc2c1OCOC2)c1cccc(CS(=O)(=O)c2ccccc2)c1. The summed E-state index contributed by atoms with van der Waals surface area (Å²) in [6.45, 7) is 0.660. The van der Waals surface area contributed by atoms with Crippen LogP contribution in [0.4, 0.5) is 4.39 Å². The first-order valence-electron chi connectivity index (χ1n) is 10.1.